The zero-order chi connectivity index (χ0) is 21.8. The van der Waals surface area contributed by atoms with Gasteiger partial charge in [-0.2, -0.15) is 5.26 Å². The van der Waals surface area contributed by atoms with E-state index in [4.69, 9.17) is 4.98 Å². The molecule has 0 amide bonds. The van der Waals surface area contributed by atoms with Crippen LogP contribution >= 0.6 is 0 Å². The lowest BCUT2D eigenvalue weighted by Crippen LogP contribution is -2.28. The Morgan fingerprint density at radius 2 is 1.61 bits per heavy atom. The number of benzene rings is 2. The number of carbonyl (C=O) groups excluding carboxylic acids is 1. The third-order valence-electron chi connectivity index (χ3n) is 6.16. The molecule has 0 radical (unpaired) electrons. The quantitative estimate of drug-likeness (QED) is 0.409. The van der Waals surface area contributed by atoms with E-state index >= 15 is 0 Å². The molecule has 0 saturated heterocycles. The molecule has 1 aliphatic carbocycles. The molecule has 0 saturated carbocycles. The van der Waals surface area contributed by atoms with Crippen LogP contribution in [0, 0.1) is 23.7 Å². The van der Waals surface area contributed by atoms with Crippen LogP contribution in [0.5, 0.6) is 0 Å². The maximum absolute atomic E-state index is 13.4. The Morgan fingerprint density at radius 3 is 2.26 bits per heavy atom. The first kappa shape index (κ1) is 19.3. The van der Waals surface area contributed by atoms with Crippen molar-refractivity contribution in [2.75, 3.05) is 0 Å². The number of hydrogen-bond acceptors (Lipinski definition) is 3. The summed E-state index contributed by atoms with van der Waals surface area (Å²) >= 11 is 0. The van der Waals surface area contributed by atoms with E-state index < -0.39 is 0 Å². The van der Waals surface area contributed by atoms with E-state index in [-0.39, 0.29) is 11.2 Å². The van der Waals surface area contributed by atoms with Crippen LogP contribution in [0.25, 0.3) is 27.8 Å². The second-order valence-electron chi connectivity index (χ2n) is 9.06. The van der Waals surface area contributed by atoms with Gasteiger partial charge in [-0.25, -0.2) is 4.98 Å². The number of rotatable bonds is 2. The van der Waals surface area contributed by atoms with Gasteiger partial charge in [-0.3, -0.25) is 4.79 Å². The summed E-state index contributed by atoms with van der Waals surface area (Å²) in [5.74, 6) is 0.122. The summed E-state index contributed by atoms with van der Waals surface area (Å²) in [7, 11) is 0. The third kappa shape index (κ3) is 2.97. The van der Waals surface area contributed by atoms with Crippen molar-refractivity contribution in [1.29, 1.82) is 5.26 Å². The molecule has 0 spiro atoms. The summed E-state index contributed by atoms with van der Waals surface area (Å²) in [6, 6.07) is 22.4. The van der Waals surface area contributed by atoms with Gasteiger partial charge in [0.25, 0.3) is 0 Å². The lowest BCUT2D eigenvalue weighted by Gasteiger charge is -2.31. The van der Waals surface area contributed by atoms with E-state index in [1.807, 2.05) is 67.6 Å². The van der Waals surface area contributed by atoms with Gasteiger partial charge in [-0.1, -0.05) is 62.4 Å². The van der Waals surface area contributed by atoms with Gasteiger partial charge in [0.1, 0.15) is 11.6 Å². The van der Waals surface area contributed by atoms with Crippen LogP contribution in [0.4, 0.5) is 0 Å². The number of nitrogens with zero attached hydrogens (tertiary/aromatic N) is 3. The number of hydrogen-bond donors (Lipinski definition) is 0. The summed E-state index contributed by atoms with van der Waals surface area (Å²) < 4.78 is 2.08. The second-order valence-corrected chi connectivity index (χ2v) is 9.06. The van der Waals surface area contributed by atoms with Gasteiger partial charge in [0.2, 0.25) is 0 Å². The molecule has 4 aromatic rings. The van der Waals surface area contributed by atoms with Crippen LogP contribution in [0.1, 0.15) is 47.6 Å². The number of aromatic nitrogens is 2. The number of fused-ring (bicyclic) bond motifs is 2. The number of nitriles is 1. The molecule has 2 aromatic heterocycles. The first-order valence-corrected chi connectivity index (χ1v) is 10.5. The summed E-state index contributed by atoms with van der Waals surface area (Å²) in [5, 5.41) is 10.0. The van der Waals surface area contributed by atoms with E-state index in [1.54, 1.807) is 0 Å². The largest absolute Gasteiger partial charge is 0.310 e. The molecular formula is C27H23N3O. The molecule has 0 fully saturated rings. The van der Waals surface area contributed by atoms with Gasteiger partial charge in [0, 0.05) is 28.9 Å². The van der Waals surface area contributed by atoms with Gasteiger partial charge in [0.05, 0.1) is 16.8 Å². The predicted octanol–water partition coefficient (Wildman–Crippen LogP) is 6.03. The third-order valence-corrected chi connectivity index (χ3v) is 6.16. The molecule has 0 bridgehead atoms. The minimum atomic E-state index is -0.150. The van der Waals surface area contributed by atoms with Gasteiger partial charge < -0.3 is 4.57 Å². The first-order valence-electron chi connectivity index (χ1n) is 10.5. The highest BCUT2D eigenvalue weighted by atomic mass is 16.1. The highest BCUT2D eigenvalue weighted by Crippen LogP contribution is 2.43. The highest BCUT2D eigenvalue weighted by Gasteiger charge is 2.36. The molecule has 0 aliphatic heterocycles. The van der Waals surface area contributed by atoms with Gasteiger partial charge in [-0.05, 0) is 36.5 Å². The molecule has 0 atom stereocenters. The Balaban J connectivity index is 2.01. The standard InChI is InChI=1S/C27H23N3O/c1-17-20(16-28)25-26(30(17)19-12-8-5-9-13-19)23(18-10-6-4-7-11-18)24-21(29-25)14-27(2,3)15-22(24)31/h4-13H,14-15H2,1-3H3. The van der Waals surface area contributed by atoms with Crippen molar-refractivity contribution in [1.82, 2.24) is 9.55 Å². The van der Waals surface area contributed by atoms with Crippen LogP contribution in [-0.2, 0) is 6.42 Å². The molecule has 0 N–H and O–H groups in total. The van der Waals surface area contributed by atoms with Crippen LogP contribution in [0.3, 0.4) is 0 Å². The molecule has 4 nitrogen and oxygen atoms in total. The molecule has 1 aliphatic rings. The SMILES string of the molecule is Cc1c(C#N)c2nc3c(c(-c4ccccc4)c2n1-c1ccccc1)C(=O)CC(C)(C)C3. The van der Waals surface area contributed by atoms with E-state index in [0.29, 0.717) is 29.5 Å². The molecule has 152 valence electrons. The number of pyridine rings is 1. The van der Waals surface area contributed by atoms with E-state index in [2.05, 4.69) is 24.5 Å². The normalized spacial score (nSPS) is 15.0. The molecular weight excluding hydrogens is 382 g/mol. The van der Waals surface area contributed by atoms with E-state index in [1.165, 1.54) is 0 Å². The van der Waals surface area contributed by atoms with Crippen molar-refractivity contribution in [2.24, 2.45) is 5.41 Å². The summed E-state index contributed by atoms with van der Waals surface area (Å²) in [5.41, 5.74) is 7.07. The van der Waals surface area contributed by atoms with Gasteiger partial charge in [-0.15, -0.1) is 0 Å². The van der Waals surface area contributed by atoms with Crippen molar-refractivity contribution in [2.45, 2.75) is 33.6 Å². The van der Waals surface area contributed by atoms with Crippen LogP contribution in [0.15, 0.2) is 60.7 Å². The Kier molecular flexibility index (Phi) is 4.30. The second kappa shape index (κ2) is 6.92. The monoisotopic (exact) mass is 405 g/mol. The van der Waals surface area contributed by atoms with Crippen LogP contribution in [0.2, 0.25) is 0 Å². The number of Topliss-reactive ketones (excluding diaryl/α,β-unsaturated/α-hetero) is 1. The van der Waals surface area contributed by atoms with Crippen LogP contribution in [-0.4, -0.2) is 15.3 Å². The minimum absolute atomic E-state index is 0.122. The van der Waals surface area contributed by atoms with Crippen molar-refractivity contribution in [3.8, 4) is 22.9 Å². The Morgan fingerprint density at radius 1 is 0.968 bits per heavy atom. The van der Waals surface area contributed by atoms with E-state index in [0.717, 1.165) is 33.7 Å². The van der Waals surface area contributed by atoms with Crippen molar-refractivity contribution in [3.63, 3.8) is 0 Å². The van der Waals surface area contributed by atoms with Crippen molar-refractivity contribution >= 4 is 16.8 Å². The summed E-state index contributed by atoms with van der Waals surface area (Å²) in [6.07, 6.45) is 1.20. The fourth-order valence-electron chi connectivity index (χ4n) is 4.85. The molecule has 4 heteroatoms. The van der Waals surface area contributed by atoms with Crippen LogP contribution < -0.4 is 0 Å². The highest BCUT2D eigenvalue weighted by molar-refractivity contribution is 6.12. The molecule has 5 rings (SSSR count). The average molecular weight is 406 g/mol. The summed E-state index contributed by atoms with van der Waals surface area (Å²) in [6.45, 7) is 6.16. The van der Waals surface area contributed by atoms with Gasteiger partial charge in [0.15, 0.2) is 5.78 Å². The maximum Gasteiger partial charge on any atom is 0.165 e. The lowest BCUT2D eigenvalue weighted by atomic mass is 9.74. The number of ketones is 1. The lowest BCUT2D eigenvalue weighted by molar-refractivity contribution is 0.0911. The molecule has 31 heavy (non-hydrogen) atoms. The maximum atomic E-state index is 13.4. The Bertz CT molecular complexity index is 1370. The minimum Gasteiger partial charge on any atom is -0.310 e. The van der Waals surface area contributed by atoms with Gasteiger partial charge >= 0.3 is 0 Å². The smallest absolute Gasteiger partial charge is 0.165 e. The Hall–Kier alpha value is -3.71. The molecule has 2 aromatic carbocycles. The number of para-hydroxylation sites is 1. The van der Waals surface area contributed by atoms with Crippen molar-refractivity contribution in [3.05, 3.63) is 83.2 Å². The summed E-state index contributed by atoms with van der Waals surface area (Å²) in [4.78, 5) is 18.4. The zero-order valence-electron chi connectivity index (χ0n) is 17.9. The molecule has 0 unspecified atom stereocenters. The first-order chi connectivity index (χ1) is 14.9. The zero-order valence-corrected chi connectivity index (χ0v) is 17.9. The Labute approximate surface area is 181 Å². The van der Waals surface area contributed by atoms with E-state index in [9.17, 15) is 10.1 Å². The number of carbonyl (C=O) groups is 1. The topological polar surface area (TPSA) is 58.7 Å². The average Bonchev–Trinajstić information content (AvgIpc) is 3.03. The predicted molar refractivity (Wildman–Crippen MR) is 122 cm³/mol. The van der Waals surface area contributed by atoms with Crippen molar-refractivity contribution < 1.29 is 4.79 Å². The fraction of sp³-hybridized carbons (Fsp3) is 0.222. The molecule has 2 heterocycles. The fourth-order valence-corrected chi connectivity index (χ4v) is 4.85.